The van der Waals surface area contributed by atoms with E-state index in [1.54, 1.807) is 24.4 Å². The van der Waals surface area contributed by atoms with E-state index < -0.39 is 72.5 Å². The lowest BCUT2D eigenvalue weighted by molar-refractivity contribution is -0.144. The van der Waals surface area contributed by atoms with Gasteiger partial charge in [-0.2, -0.15) is 0 Å². The monoisotopic (exact) mass is 595 g/mol. The lowest BCUT2D eigenvalue weighted by Gasteiger charge is -2.24. The molecule has 3 aromatic rings. The van der Waals surface area contributed by atoms with Gasteiger partial charge in [0, 0.05) is 23.5 Å². The van der Waals surface area contributed by atoms with Crippen LogP contribution in [0.1, 0.15) is 24.0 Å². The summed E-state index contributed by atoms with van der Waals surface area (Å²) in [4.78, 5) is 77.1. The molecule has 15 heteroatoms. The second-order valence-electron chi connectivity index (χ2n) is 9.90. The van der Waals surface area contributed by atoms with Gasteiger partial charge in [0.05, 0.1) is 18.9 Å². The number of hydrogen-bond donors (Lipinski definition) is 9. The Labute approximate surface area is 245 Å². The van der Waals surface area contributed by atoms with Crippen molar-refractivity contribution in [1.29, 1.82) is 0 Å². The van der Waals surface area contributed by atoms with Gasteiger partial charge in [0.15, 0.2) is 0 Å². The molecule has 12 N–H and O–H groups in total. The van der Waals surface area contributed by atoms with Crippen molar-refractivity contribution in [2.24, 2.45) is 17.2 Å². The van der Waals surface area contributed by atoms with Crippen LogP contribution in [0.15, 0.2) is 54.7 Å². The number of carboxylic acids is 1. The van der Waals surface area contributed by atoms with Gasteiger partial charge in [0.1, 0.15) is 23.9 Å². The van der Waals surface area contributed by atoms with E-state index in [1.165, 1.54) is 12.1 Å². The minimum absolute atomic E-state index is 0.0380. The van der Waals surface area contributed by atoms with E-state index in [9.17, 15) is 39.0 Å². The Balaban J connectivity index is 1.84. The molecular weight excluding hydrogens is 562 g/mol. The molecule has 0 spiro atoms. The number of aromatic hydroxyl groups is 1. The van der Waals surface area contributed by atoms with E-state index in [0.29, 0.717) is 11.1 Å². The third kappa shape index (κ3) is 9.29. The fourth-order valence-corrected chi connectivity index (χ4v) is 4.34. The second-order valence-corrected chi connectivity index (χ2v) is 9.90. The number of aromatic amines is 1. The van der Waals surface area contributed by atoms with Crippen molar-refractivity contribution < 1.29 is 39.0 Å². The van der Waals surface area contributed by atoms with Gasteiger partial charge in [-0.15, -0.1) is 0 Å². The summed E-state index contributed by atoms with van der Waals surface area (Å²) in [5.41, 5.74) is 18.5. The summed E-state index contributed by atoms with van der Waals surface area (Å²) >= 11 is 0. The van der Waals surface area contributed by atoms with Crippen LogP contribution >= 0.6 is 0 Å². The lowest BCUT2D eigenvalue weighted by Crippen LogP contribution is -2.58. The molecule has 4 atom stereocenters. The number of fused-ring (bicyclic) bond motifs is 1. The average Bonchev–Trinajstić information content (AvgIpc) is 3.35. The predicted octanol–water partition coefficient (Wildman–Crippen LogP) is -1.72. The SMILES string of the molecule is NC(=O)CC(NC(=O)C(CC(N)=O)NC(=O)C(Cc1c[nH]c2ccccc12)NC(=O)C(N)Cc1ccc(O)cc1)C(=O)O. The number of nitrogens with two attached hydrogens (primary N) is 3. The molecule has 1 aromatic heterocycles. The molecule has 43 heavy (non-hydrogen) atoms. The van der Waals surface area contributed by atoms with E-state index in [1.807, 2.05) is 18.2 Å². The van der Waals surface area contributed by atoms with E-state index in [0.717, 1.165) is 10.9 Å². The molecule has 5 amide bonds. The van der Waals surface area contributed by atoms with Crippen molar-refractivity contribution in [3.8, 4) is 5.75 Å². The summed E-state index contributed by atoms with van der Waals surface area (Å²) in [7, 11) is 0. The number of H-pyrrole nitrogens is 1. The fraction of sp³-hybridized carbons (Fsp3) is 0.286. The Morgan fingerprint density at radius 1 is 0.744 bits per heavy atom. The molecule has 0 aliphatic rings. The number of para-hydroxylation sites is 1. The van der Waals surface area contributed by atoms with Crippen molar-refractivity contribution in [2.75, 3.05) is 0 Å². The molecule has 0 radical (unpaired) electrons. The van der Waals surface area contributed by atoms with Crippen molar-refractivity contribution >= 4 is 46.4 Å². The van der Waals surface area contributed by atoms with Crippen LogP contribution < -0.4 is 33.2 Å². The summed E-state index contributed by atoms with van der Waals surface area (Å²) in [5, 5.41) is 26.6. The zero-order chi connectivity index (χ0) is 31.7. The quantitative estimate of drug-likeness (QED) is 0.0964. The zero-order valence-electron chi connectivity index (χ0n) is 22.9. The average molecular weight is 596 g/mol. The minimum atomic E-state index is -1.73. The maximum Gasteiger partial charge on any atom is 0.326 e. The van der Waals surface area contributed by atoms with Crippen LogP contribution in [0.2, 0.25) is 0 Å². The third-order valence-corrected chi connectivity index (χ3v) is 6.52. The van der Waals surface area contributed by atoms with Crippen LogP contribution in [0.4, 0.5) is 0 Å². The molecule has 15 nitrogen and oxygen atoms in total. The second kappa shape index (κ2) is 14.5. The molecule has 0 aliphatic heterocycles. The maximum absolute atomic E-state index is 13.5. The van der Waals surface area contributed by atoms with E-state index in [-0.39, 0.29) is 18.6 Å². The molecule has 0 fully saturated rings. The summed E-state index contributed by atoms with van der Waals surface area (Å²) in [6.07, 6.45) is 0.224. The molecule has 0 saturated carbocycles. The van der Waals surface area contributed by atoms with Gasteiger partial charge in [0.2, 0.25) is 29.5 Å². The van der Waals surface area contributed by atoms with Crippen molar-refractivity contribution in [2.45, 2.75) is 49.9 Å². The highest BCUT2D eigenvalue weighted by Crippen LogP contribution is 2.19. The van der Waals surface area contributed by atoms with Crippen LogP contribution in [-0.4, -0.2) is 74.9 Å². The number of carboxylic acid groups (broad SMARTS) is 1. The van der Waals surface area contributed by atoms with E-state index in [2.05, 4.69) is 20.9 Å². The van der Waals surface area contributed by atoms with Gasteiger partial charge in [0.25, 0.3) is 0 Å². The number of rotatable bonds is 15. The first kappa shape index (κ1) is 32.1. The first-order valence-corrected chi connectivity index (χ1v) is 13.1. The highest BCUT2D eigenvalue weighted by atomic mass is 16.4. The van der Waals surface area contributed by atoms with Gasteiger partial charge in [-0.25, -0.2) is 4.79 Å². The Hall–Kier alpha value is -5.44. The molecule has 0 bridgehead atoms. The maximum atomic E-state index is 13.5. The number of carbonyl (C=O) groups excluding carboxylic acids is 5. The number of nitrogens with one attached hydrogen (secondary N) is 4. The Morgan fingerprint density at radius 2 is 1.30 bits per heavy atom. The summed E-state index contributed by atoms with van der Waals surface area (Å²) in [6, 6.07) is 7.52. The lowest BCUT2D eigenvalue weighted by atomic mass is 10.0. The standard InChI is InChI=1S/C28H33N7O8/c29-18(9-14-5-7-16(36)8-6-14)25(39)33-20(10-15-13-32-19-4-2-1-3-17(15)19)26(40)34-21(11-23(30)37)27(41)35-22(28(42)43)12-24(31)38/h1-8,13,18,20-22,32,36H,9-12,29H2,(H2,30,37)(H2,31,38)(H,33,39)(H,34,40)(H,35,41)(H,42,43). The molecule has 0 aliphatic carbocycles. The number of phenols is 1. The summed E-state index contributed by atoms with van der Waals surface area (Å²) in [5.74, 6) is -6.22. The van der Waals surface area contributed by atoms with Gasteiger partial charge in [-0.3, -0.25) is 24.0 Å². The van der Waals surface area contributed by atoms with Crippen LogP contribution in [0.3, 0.4) is 0 Å². The highest BCUT2D eigenvalue weighted by molar-refractivity contribution is 5.97. The predicted molar refractivity (Wildman–Crippen MR) is 153 cm³/mol. The largest absolute Gasteiger partial charge is 0.508 e. The Bertz CT molecular complexity index is 1500. The summed E-state index contributed by atoms with van der Waals surface area (Å²) in [6.45, 7) is 0. The van der Waals surface area contributed by atoms with Crippen LogP contribution in [0.5, 0.6) is 5.75 Å². The normalized spacial score (nSPS) is 13.7. The topological polar surface area (TPSA) is 273 Å². The molecule has 2 aromatic carbocycles. The number of amides is 5. The molecule has 4 unspecified atom stereocenters. The number of carbonyl (C=O) groups is 6. The molecule has 228 valence electrons. The third-order valence-electron chi connectivity index (χ3n) is 6.52. The van der Waals surface area contributed by atoms with Gasteiger partial charge >= 0.3 is 5.97 Å². The van der Waals surface area contributed by atoms with Gasteiger partial charge in [-0.1, -0.05) is 30.3 Å². The van der Waals surface area contributed by atoms with Gasteiger partial charge < -0.3 is 48.3 Å². The summed E-state index contributed by atoms with van der Waals surface area (Å²) < 4.78 is 0. The Morgan fingerprint density at radius 3 is 1.93 bits per heavy atom. The molecule has 1 heterocycles. The first-order chi connectivity index (χ1) is 20.3. The molecule has 0 saturated heterocycles. The van der Waals surface area contributed by atoms with E-state index in [4.69, 9.17) is 17.2 Å². The number of primary amides is 2. The van der Waals surface area contributed by atoms with Crippen LogP contribution in [0, 0.1) is 0 Å². The number of benzene rings is 2. The number of hydrogen-bond acceptors (Lipinski definition) is 8. The van der Waals surface area contributed by atoms with Crippen molar-refractivity contribution in [1.82, 2.24) is 20.9 Å². The molecular formula is C28H33N7O8. The first-order valence-electron chi connectivity index (χ1n) is 13.1. The van der Waals surface area contributed by atoms with Crippen LogP contribution in [0.25, 0.3) is 10.9 Å². The Kier molecular flexibility index (Phi) is 10.8. The van der Waals surface area contributed by atoms with Crippen LogP contribution in [-0.2, 0) is 41.6 Å². The number of phenolic OH excluding ortho intramolecular Hbond substituents is 1. The minimum Gasteiger partial charge on any atom is -0.508 e. The smallest absolute Gasteiger partial charge is 0.326 e. The molecule has 3 rings (SSSR count). The number of aliphatic carboxylic acids is 1. The van der Waals surface area contributed by atoms with Crippen molar-refractivity contribution in [3.63, 3.8) is 0 Å². The van der Waals surface area contributed by atoms with Crippen molar-refractivity contribution in [3.05, 3.63) is 65.9 Å². The fourth-order valence-electron chi connectivity index (χ4n) is 4.34. The van der Waals surface area contributed by atoms with Gasteiger partial charge in [-0.05, 0) is 35.7 Å². The number of aromatic nitrogens is 1. The highest BCUT2D eigenvalue weighted by Gasteiger charge is 2.32. The zero-order valence-corrected chi connectivity index (χ0v) is 22.9. The van der Waals surface area contributed by atoms with E-state index >= 15 is 0 Å².